The summed E-state index contributed by atoms with van der Waals surface area (Å²) in [7, 11) is -5.83. The van der Waals surface area contributed by atoms with Crippen LogP contribution in [0.2, 0.25) is 18.1 Å². The van der Waals surface area contributed by atoms with E-state index in [1.54, 1.807) is 18.2 Å². The molecule has 0 atom stereocenters. The summed E-state index contributed by atoms with van der Waals surface area (Å²) >= 11 is 0. The first-order chi connectivity index (χ1) is 7.95. The van der Waals surface area contributed by atoms with Gasteiger partial charge in [-0.2, -0.15) is 0 Å². The Morgan fingerprint density at radius 3 is 2.11 bits per heavy atom. The van der Waals surface area contributed by atoms with Crippen molar-refractivity contribution in [1.82, 2.24) is 0 Å². The average molecular weight is 287 g/mol. The van der Waals surface area contributed by atoms with Gasteiger partial charge in [-0.3, -0.25) is 0 Å². The van der Waals surface area contributed by atoms with Crippen LogP contribution in [0.3, 0.4) is 0 Å². The van der Waals surface area contributed by atoms with E-state index in [0.717, 1.165) is 0 Å². The van der Waals surface area contributed by atoms with Crippen molar-refractivity contribution in [2.75, 3.05) is 0 Å². The number of hydrogen-bond acceptors (Lipinski definition) is 3. The second-order valence-electron chi connectivity index (χ2n) is 5.85. The lowest BCUT2D eigenvalue weighted by Gasteiger charge is -2.36. The highest BCUT2D eigenvalue weighted by atomic mass is 32.2. The van der Waals surface area contributed by atoms with Crippen molar-refractivity contribution in [1.29, 1.82) is 0 Å². The first kappa shape index (κ1) is 15.2. The third-order valence-corrected chi connectivity index (χ3v) is 8.62. The molecule has 0 aromatic heterocycles. The van der Waals surface area contributed by atoms with E-state index in [1.807, 2.05) is 0 Å². The van der Waals surface area contributed by atoms with E-state index in [2.05, 4.69) is 33.9 Å². The van der Waals surface area contributed by atoms with Crippen LogP contribution in [0.4, 0.5) is 0 Å². The van der Waals surface area contributed by atoms with Crippen LogP contribution in [0.5, 0.6) is 5.75 Å². The molecule has 0 saturated heterocycles. The highest BCUT2D eigenvalue weighted by Crippen LogP contribution is 2.38. The molecule has 0 aliphatic rings. The maximum absolute atomic E-state index is 11.5. The second kappa shape index (κ2) is 4.68. The fourth-order valence-corrected chi connectivity index (χ4v) is 2.96. The summed E-state index contributed by atoms with van der Waals surface area (Å²) in [4.78, 5) is 0.0508. The molecule has 0 amide bonds. The van der Waals surface area contributed by atoms with E-state index >= 15 is 0 Å². The van der Waals surface area contributed by atoms with Gasteiger partial charge in [-0.1, -0.05) is 32.9 Å². The van der Waals surface area contributed by atoms with E-state index < -0.39 is 18.3 Å². The van der Waals surface area contributed by atoms with Gasteiger partial charge in [-0.05, 0) is 30.3 Å². The van der Waals surface area contributed by atoms with E-state index in [9.17, 15) is 8.42 Å². The summed E-state index contributed by atoms with van der Waals surface area (Å²) in [6.45, 7) is 10.4. The lowest BCUT2D eigenvalue weighted by Crippen LogP contribution is -2.44. The molecule has 0 aliphatic heterocycles. The third-order valence-electron chi connectivity index (χ3n) is 3.33. The van der Waals surface area contributed by atoms with Crippen molar-refractivity contribution in [2.45, 2.75) is 43.8 Å². The van der Waals surface area contributed by atoms with Crippen LogP contribution in [0.25, 0.3) is 0 Å². The molecule has 6 heteroatoms. The molecule has 18 heavy (non-hydrogen) atoms. The molecule has 102 valence electrons. The van der Waals surface area contributed by atoms with Gasteiger partial charge in [0.1, 0.15) is 10.6 Å². The number of primary sulfonamides is 1. The first-order valence-electron chi connectivity index (χ1n) is 5.76. The monoisotopic (exact) mass is 287 g/mol. The molecule has 0 radical (unpaired) electrons. The fourth-order valence-electron chi connectivity index (χ4n) is 1.20. The second-order valence-corrected chi connectivity index (χ2v) is 12.1. The molecule has 2 N–H and O–H groups in total. The van der Waals surface area contributed by atoms with Crippen LogP contribution < -0.4 is 9.56 Å². The van der Waals surface area contributed by atoms with Gasteiger partial charge in [-0.25, -0.2) is 13.6 Å². The molecule has 0 unspecified atom stereocenters. The van der Waals surface area contributed by atoms with Crippen molar-refractivity contribution in [3.8, 4) is 5.75 Å². The lowest BCUT2D eigenvalue weighted by atomic mass is 10.2. The Hall–Kier alpha value is -0.853. The van der Waals surface area contributed by atoms with E-state index in [-0.39, 0.29) is 9.93 Å². The Morgan fingerprint density at radius 2 is 1.67 bits per heavy atom. The predicted molar refractivity (Wildman–Crippen MR) is 75.6 cm³/mol. The molecule has 4 nitrogen and oxygen atoms in total. The normalized spacial score (nSPS) is 13.4. The van der Waals surface area contributed by atoms with E-state index in [4.69, 9.17) is 9.56 Å². The first-order valence-corrected chi connectivity index (χ1v) is 10.2. The van der Waals surface area contributed by atoms with E-state index in [0.29, 0.717) is 5.75 Å². The maximum Gasteiger partial charge on any atom is 0.250 e. The third kappa shape index (κ3) is 3.34. The molecular formula is C12H21NO3SSi. The van der Waals surface area contributed by atoms with Gasteiger partial charge in [-0.15, -0.1) is 0 Å². The van der Waals surface area contributed by atoms with Crippen molar-refractivity contribution in [3.05, 3.63) is 24.3 Å². The SMILES string of the molecule is CC(C)(C)[Si](C)(C)Oc1ccccc1S(N)(=O)=O. The van der Waals surface area contributed by atoms with Crippen molar-refractivity contribution in [3.63, 3.8) is 0 Å². The Bertz CT molecular complexity index is 532. The summed E-state index contributed by atoms with van der Waals surface area (Å²) in [5.41, 5.74) is 0. The summed E-state index contributed by atoms with van der Waals surface area (Å²) < 4.78 is 29.0. The van der Waals surface area contributed by atoms with Crippen molar-refractivity contribution < 1.29 is 12.8 Å². The molecule has 1 rings (SSSR count). The highest BCUT2D eigenvalue weighted by Gasteiger charge is 2.39. The Kier molecular flexibility index (Phi) is 3.95. The van der Waals surface area contributed by atoms with Gasteiger partial charge >= 0.3 is 0 Å². The largest absolute Gasteiger partial charge is 0.543 e. The van der Waals surface area contributed by atoms with Crippen LogP contribution >= 0.6 is 0 Å². The highest BCUT2D eigenvalue weighted by molar-refractivity contribution is 7.89. The predicted octanol–water partition coefficient (Wildman–Crippen LogP) is 2.72. The quantitative estimate of drug-likeness (QED) is 0.869. The van der Waals surface area contributed by atoms with Gasteiger partial charge < -0.3 is 4.43 Å². The smallest absolute Gasteiger partial charge is 0.250 e. The Morgan fingerprint density at radius 1 is 1.17 bits per heavy atom. The van der Waals surface area contributed by atoms with Crippen molar-refractivity contribution in [2.24, 2.45) is 5.14 Å². The molecule has 0 spiro atoms. The minimum atomic E-state index is -3.75. The summed E-state index contributed by atoms with van der Waals surface area (Å²) in [6, 6.07) is 6.51. The standard InChI is InChI=1S/C12H21NO3SSi/c1-12(2,3)18(4,5)16-10-8-6-7-9-11(10)17(13,14)15/h6-9H,1-5H3,(H2,13,14,15). The zero-order chi connectivity index (χ0) is 14.2. The number of para-hydroxylation sites is 1. The molecule has 1 aromatic carbocycles. The molecule has 0 aliphatic carbocycles. The Labute approximate surface area is 110 Å². The van der Waals surface area contributed by atoms with E-state index in [1.165, 1.54) is 6.07 Å². The summed E-state index contributed by atoms with van der Waals surface area (Å²) in [5.74, 6) is 0.353. The van der Waals surface area contributed by atoms with Crippen LogP contribution in [-0.4, -0.2) is 16.7 Å². The van der Waals surface area contributed by atoms with Crippen molar-refractivity contribution >= 4 is 18.3 Å². The zero-order valence-corrected chi connectivity index (χ0v) is 13.3. The Balaban J connectivity index is 3.22. The molecule has 0 fully saturated rings. The molecular weight excluding hydrogens is 266 g/mol. The molecule has 0 bridgehead atoms. The summed E-state index contributed by atoms with van der Waals surface area (Å²) in [6.07, 6.45) is 0. The topological polar surface area (TPSA) is 69.4 Å². The molecule has 1 aromatic rings. The molecule has 0 heterocycles. The number of rotatable bonds is 3. The van der Waals surface area contributed by atoms with Crippen LogP contribution in [-0.2, 0) is 10.0 Å². The van der Waals surface area contributed by atoms with Gasteiger partial charge in [0.05, 0.1) is 0 Å². The van der Waals surface area contributed by atoms with Gasteiger partial charge in [0.25, 0.3) is 8.32 Å². The van der Waals surface area contributed by atoms with Crippen LogP contribution in [0, 0.1) is 0 Å². The zero-order valence-electron chi connectivity index (χ0n) is 11.5. The fraction of sp³-hybridized carbons (Fsp3) is 0.500. The minimum Gasteiger partial charge on any atom is -0.543 e. The number of sulfonamides is 1. The molecule has 0 saturated carbocycles. The number of hydrogen-bond donors (Lipinski definition) is 1. The van der Waals surface area contributed by atoms with Crippen LogP contribution in [0.1, 0.15) is 20.8 Å². The van der Waals surface area contributed by atoms with Gasteiger partial charge in [0.15, 0.2) is 0 Å². The minimum absolute atomic E-state index is 0.00152. The number of nitrogens with two attached hydrogens (primary N) is 1. The van der Waals surface area contributed by atoms with Gasteiger partial charge in [0, 0.05) is 0 Å². The average Bonchev–Trinajstić information content (AvgIpc) is 2.14. The van der Waals surface area contributed by atoms with Crippen LogP contribution in [0.15, 0.2) is 29.2 Å². The number of benzene rings is 1. The lowest BCUT2D eigenvalue weighted by molar-refractivity contribution is 0.480. The maximum atomic E-state index is 11.5. The van der Waals surface area contributed by atoms with Gasteiger partial charge in [0.2, 0.25) is 10.0 Å². The summed E-state index contributed by atoms with van der Waals surface area (Å²) in [5, 5.41) is 5.19.